The molecule has 1 rings (SSSR count). The molecule has 0 aromatic rings. The number of nitrogens with zero attached hydrogens (tertiary/aromatic N) is 1. The highest BCUT2D eigenvalue weighted by atomic mass is 28.3. The minimum atomic E-state index is -4.55. The molecule has 6 nitrogen and oxygen atoms in total. The van der Waals surface area contributed by atoms with Crippen LogP contribution in [0.15, 0.2) is 0 Å². The van der Waals surface area contributed by atoms with Gasteiger partial charge in [0.05, 0.1) is 18.6 Å². The lowest BCUT2D eigenvalue weighted by Crippen LogP contribution is -2.45. The van der Waals surface area contributed by atoms with E-state index in [0.29, 0.717) is 0 Å². The first-order valence-corrected chi connectivity index (χ1v) is 12.3. The number of likely N-dealkylation sites (tertiary alicyclic amines) is 1. The number of amides is 2. The Kier molecular flexibility index (Phi) is 7.00. The van der Waals surface area contributed by atoms with E-state index in [1.807, 2.05) is 0 Å². The van der Waals surface area contributed by atoms with Crippen molar-refractivity contribution in [3.63, 3.8) is 0 Å². The zero-order valence-electron chi connectivity index (χ0n) is 16.2. The number of alkyl halides is 3. The van der Waals surface area contributed by atoms with E-state index in [2.05, 4.69) is 25.0 Å². The van der Waals surface area contributed by atoms with Crippen LogP contribution in [0.2, 0.25) is 25.7 Å². The van der Waals surface area contributed by atoms with E-state index in [0.717, 1.165) is 10.9 Å². The molecule has 26 heavy (non-hydrogen) atoms. The Hall–Kier alpha value is -1.45. The highest BCUT2D eigenvalue weighted by molar-refractivity contribution is 6.76. The van der Waals surface area contributed by atoms with Gasteiger partial charge in [0.2, 0.25) is 0 Å². The summed E-state index contributed by atoms with van der Waals surface area (Å²) >= 11 is 0. The molecule has 152 valence electrons. The third-order valence-electron chi connectivity index (χ3n) is 3.78. The third kappa shape index (κ3) is 7.84. The Morgan fingerprint density at radius 1 is 1.15 bits per heavy atom. The molecular weight excluding hydrogens is 369 g/mol. The molecule has 1 saturated heterocycles. The minimum Gasteiger partial charge on any atom is -0.450 e. The van der Waals surface area contributed by atoms with Gasteiger partial charge in [-0.05, 0) is 26.8 Å². The zero-order valence-corrected chi connectivity index (χ0v) is 17.2. The summed E-state index contributed by atoms with van der Waals surface area (Å²) in [5, 5.41) is 2.25. The topological polar surface area (TPSA) is 67.9 Å². The van der Waals surface area contributed by atoms with Gasteiger partial charge >= 0.3 is 18.4 Å². The molecule has 1 aliphatic heterocycles. The molecular formula is C16H29F3N2O4Si. The molecule has 0 aromatic heterocycles. The highest BCUT2D eigenvalue weighted by Crippen LogP contribution is 2.34. The molecule has 1 N–H and O–H groups in total. The quantitative estimate of drug-likeness (QED) is 0.731. The van der Waals surface area contributed by atoms with E-state index < -0.39 is 50.5 Å². The van der Waals surface area contributed by atoms with Crippen molar-refractivity contribution < 1.29 is 32.2 Å². The Morgan fingerprint density at radius 3 is 2.19 bits per heavy atom. The van der Waals surface area contributed by atoms with Gasteiger partial charge in [0.15, 0.2) is 0 Å². The number of nitrogens with one attached hydrogen (secondary N) is 1. The van der Waals surface area contributed by atoms with Crippen LogP contribution in [0.25, 0.3) is 0 Å². The molecule has 1 heterocycles. The second kappa shape index (κ2) is 8.06. The summed E-state index contributed by atoms with van der Waals surface area (Å²) in [6.45, 7) is 10.5. The smallest absolute Gasteiger partial charge is 0.410 e. The first-order valence-electron chi connectivity index (χ1n) is 8.56. The predicted molar refractivity (Wildman–Crippen MR) is 93.8 cm³/mol. The van der Waals surface area contributed by atoms with E-state index in [1.54, 1.807) is 20.8 Å². The molecule has 1 aliphatic rings. The van der Waals surface area contributed by atoms with Crippen LogP contribution >= 0.6 is 0 Å². The van der Waals surface area contributed by atoms with Crippen LogP contribution in [0.1, 0.15) is 20.8 Å². The van der Waals surface area contributed by atoms with Crippen LogP contribution < -0.4 is 5.32 Å². The van der Waals surface area contributed by atoms with Crippen molar-refractivity contribution in [3.8, 4) is 0 Å². The average Bonchev–Trinajstić information content (AvgIpc) is 2.78. The fraction of sp³-hybridized carbons (Fsp3) is 0.875. The molecule has 0 aromatic carbocycles. The summed E-state index contributed by atoms with van der Waals surface area (Å²) in [6.07, 6.45) is -6.27. The van der Waals surface area contributed by atoms with Gasteiger partial charge in [-0.2, -0.15) is 13.2 Å². The fourth-order valence-corrected chi connectivity index (χ4v) is 3.11. The first-order chi connectivity index (χ1) is 11.6. The predicted octanol–water partition coefficient (Wildman–Crippen LogP) is 3.85. The van der Waals surface area contributed by atoms with Crippen molar-refractivity contribution in [3.05, 3.63) is 0 Å². The van der Waals surface area contributed by atoms with Gasteiger partial charge in [-0.1, -0.05) is 19.6 Å². The van der Waals surface area contributed by atoms with Crippen LogP contribution in [-0.2, 0) is 9.47 Å². The fourth-order valence-electron chi connectivity index (χ4n) is 2.40. The van der Waals surface area contributed by atoms with E-state index in [9.17, 15) is 22.8 Å². The van der Waals surface area contributed by atoms with Gasteiger partial charge in [-0.25, -0.2) is 9.59 Å². The van der Waals surface area contributed by atoms with Crippen LogP contribution in [0, 0.1) is 5.92 Å². The van der Waals surface area contributed by atoms with Crippen molar-refractivity contribution in [1.29, 1.82) is 0 Å². The largest absolute Gasteiger partial charge is 0.450 e. The summed E-state index contributed by atoms with van der Waals surface area (Å²) in [7, 11) is -1.41. The van der Waals surface area contributed by atoms with E-state index in [1.165, 1.54) is 0 Å². The summed E-state index contributed by atoms with van der Waals surface area (Å²) in [6, 6.07) is -0.542. The van der Waals surface area contributed by atoms with E-state index in [-0.39, 0.29) is 13.2 Å². The lowest BCUT2D eigenvalue weighted by Gasteiger charge is -2.24. The molecule has 2 amide bonds. The van der Waals surface area contributed by atoms with Gasteiger partial charge in [0, 0.05) is 21.2 Å². The second-order valence-electron chi connectivity index (χ2n) is 8.73. The Morgan fingerprint density at radius 2 is 1.73 bits per heavy atom. The van der Waals surface area contributed by atoms with Crippen molar-refractivity contribution in [2.75, 3.05) is 19.7 Å². The van der Waals surface area contributed by atoms with Crippen molar-refractivity contribution >= 4 is 20.3 Å². The zero-order chi connectivity index (χ0) is 20.3. The molecule has 10 heteroatoms. The maximum absolute atomic E-state index is 13.3. The van der Waals surface area contributed by atoms with Crippen molar-refractivity contribution in [2.45, 2.75) is 64.3 Å². The lowest BCUT2D eigenvalue weighted by atomic mass is 10.0. The number of hydrogen-bond donors (Lipinski definition) is 1. The molecule has 0 spiro atoms. The van der Waals surface area contributed by atoms with Crippen LogP contribution in [0.3, 0.4) is 0 Å². The van der Waals surface area contributed by atoms with Crippen molar-refractivity contribution in [2.24, 2.45) is 5.92 Å². The number of hydrogen-bond acceptors (Lipinski definition) is 4. The van der Waals surface area contributed by atoms with Gasteiger partial charge < -0.3 is 19.7 Å². The lowest BCUT2D eigenvalue weighted by molar-refractivity contribution is -0.174. The molecule has 2 atom stereocenters. The first kappa shape index (κ1) is 22.6. The summed E-state index contributed by atoms with van der Waals surface area (Å²) in [5.74, 6) is -1.86. The minimum absolute atomic E-state index is 0.167. The van der Waals surface area contributed by atoms with Gasteiger partial charge in [0.1, 0.15) is 5.60 Å². The Bertz CT molecular complexity index is 515. The molecule has 2 unspecified atom stereocenters. The average molecular weight is 398 g/mol. The van der Waals surface area contributed by atoms with Gasteiger partial charge in [0.25, 0.3) is 0 Å². The van der Waals surface area contributed by atoms with Crippen LogP contribution in [0.5, 0.6) is 0 Å². The van der Waals surface area contributed by atoms with Crippen LogP contribution in [-0.4, -0.2) is 62.7 Å². The number of carbonyl (C=O) groups excluding carboxylic acids is 2. The monoisotopic (exact) mass is 398 g/mol. The molecule has 1 fully saturated rings. The number of rotatable bonds is 4. The molecule has 0 bridgehead atoms. The van der Waals surface area contributed by atoms with Crippen LogP contribution in [0.4, 0.5) is 22.8 Å². The summed E-state index contributed by atoms with van der Waals surface area (Å²) < 4.78 is 50.0. The van der Waals surface area contributed by atoms with Gasteiger partial charge in [-0.3, -0.25) is 0 Å². The number of halogens is 3. The molecule has 0 saturated carbocycles. The van der Waals surface area contributed by atoms with E-state index >= 15 is 0 Å². The Balaban J connectivity index is 2.69. The third-order valence-corrected chi connectivity index (χ3v) is 5.48. The maximum Gasteiger partial charge on any atom is 0.410 e. The number of carbonyl (C=O) groups is 2. The summed E-state index contributed by atoms with van der Waals surface area (Å²) in [5.41, 5.74) is -0.813. The SMILES string of the molecule is CC(C)(C)OC(=O)N1CC(NC(=O)OCC[Si](C)(C)C)C(C(F)(F)F)C1. The Labute approximate surface area is 153 Å². The maximum atomic E-state index is 13.3. The second-order valence-corrected chi connectivity index (χ2v) is 14.4. The number of alkyl carbamates (subject to hydrolysis) is 1. The molecule has 0 aliphatic carbocycles. The normalized spacial score (nSPS) is 21.5. The van der Waals surface area contributed by atoms with Gasteiger partial charge in [-0.15, -0.1) is 0 Å². The van der Waals surface area contributed by atoms with Crippen molar-refractivity contribution in [1.82, 2.24) is 10.2 Å². The van der Waals surface area contributed by atoms with E-state index in [4.69, 9.17) is 9.47 Å². The highest BCUT2D eigenvalue weighted by Gasteiger charge is 2.52. The standard InChI is InChI=1S/C16H29F3N2O4Si/c1-15(2,3)25-14(23)21-9-11(16(17,18)19)12(10-21)20-13(22)24-7-8-26(4,5)6/h11-12H,7-10H2,1-6H3,(H,20,22). The number of ether oxygens (including phenoxy) is 2. The molecule has 0 radical (unpaired) electrons. The summed E-state index contributed by atoms with van der Waals surface area (Å²) in [4.78, 5) is 24.9.